The van der Waals surface area contributed by atoms with Gasteiger partial charge in [0.1, 0.15) is 11.9 Å². The fourth-order valence-corrected chi connectivity index (χ4v) is 6.52. The SMILES string of the molecule is COC1CCCN(C(=O)C2CCC(Oc3cc(-n4c(C(F)I)nc5ccccc54)nc(N4CCOCC4)n3)CC2)C1. The number of carbonyl (C=O) groups excluding carboxylic acids is 1. The van der Waals surface area contributed by atoms with Crippen molar-refractivity contribution < 1.29 is 23.4 Å². The van der Waals surface area contributed by atoms with Crippen LogP contribution in [-0.2, 0) is 14.3 Å². The summed E-state index contributed by atoms with van der Waals surface area (Å²) in [5, 5.41) is 0. The third kappa shape index (κ3) is 6.29. The number of carbonyl (C=O) groups is 1. The fraction of sp³-hybridized carbons (Fsp3) is 0.586. The predicted octanol–water partition coefficient (Wildman–Crippen LogP) is 4.63. The maximum Gasteiger partial charge on any atom is 0.230 e. The predicted molar refractivity (Wildman–Crippen MR) is 161 cm³/mol. The second-order valence-corrected chi connectivity index (χ2v) is 12.0. The molecule has 12 heteroatoms. The summed E-state index contributed by atoms with van der Waals surface area (Å²) in [4.78, 5) is 31.5. The van der Waals surface area contributed by atoms with Gasteiger partial charge in [-0.15, -0.1) is 0 Å². The van der Waals surface area contributed by atoms with Gasteiger partial charge in [0.15, 0.2) is 5.82 Å². The van der Waals surface area contributed by atoms with Crippen LogP contribution in [0.15, 0.2) is 30.3 Å². The summed E-state index contributed by atoms with van der Waals surface area (Å²) in [6, 6.07) is 9.35. The molecule has 1 aliphatic carbocycles. The fourth-order valence-electron chi connectivity index (χ4n) is 6.10. The van der Waals surface area contributed by atoms with E-state index < -0.39 is 4.18 Å². The lowest BCUT2D eigenvalue weighted by Crippen LogP contribution is -2.46. The van der Waals surface area contributed by atoms with Gasteiger partial charge in [0.2, 0.25) is 21.9 Å². The maximum absolute atomic E-state index is 14.8. The minimum Gasteiger partial charge on any atom is -0.474 e. The molecule has 0 N–H and O–H groups in total. The summed E-state index contributed by atoms with van der Waals surface area (Å²) in [5.41, 5.74) is 1.47. The number of fused-ring (bicyclic) bond motifs is 1. The number of nitrogens with zero attached hydrogens (tertiary/aromatic N) is 6. The number of hydrogen-bond donors (Lipinski definition) is 0. The van der Waals surface area contributed by atoms with Crippen molar-refractivity contribution in [1.29, 1.82) is 0 Å². The highest BCUT2D eigenvalue weighted by Gasteiger charge is 2.33. The Hall–Kier alpha value is -2.58. The van der Waals surface area contributed by atoms with Gasteiger partial charge in [-0.1, -0.05) is 12.1 Å². The van der Waals surface area contributed by atoms with Crippen LogP contribution in [0, 0.1) is 5.92 Å². The van der Waals surface area contributed by atoms with Crippen molar-refractivity contribution in [3.05, 3.63) is 36.2 Å². The molecule has 2 atom stereocenters. The summed E-state index contributed by atoms with van der Waals surface area (Å²) in [6.45, 7) is 3.98. The van der Waals surface area contributed by atoms with E-state index in [-0.39, 0.29) is 29.9 Å². The van der Waals surface area contributed by atoms with Crippen molar-refractivity contribution in [2.24, 2.45) is 5.92 Å². The zero-order chi connectivity index (χ0) is 28.3. The van der Waals surface area contributed by atoms with E-state index in [1.54, 1.807) is 40.3 Å². The van der Waals surface area contributed by atoms with E-state index in [1.807, 2.05) is 29.2 Å². The second kappa shape index (κ2) is 12.7. The molecular formula is C29H36FIN6O4. The molecule has 2 aromatic heterocycles. The quantitative estimate of drug-likeness (QED) is 0.264. The van der Waals surface area contributed by atoms with Crippen molar-refractivity contribution >= 4 is 45.5 Å². The molecule has 3 fully saturated rings. The Labute approximate surface area is 252 Å². The number of likely N-dealkylation sites (tertiary alicyclic amines) is 1. The molecule has 1 amide bonds. The van der Waals surface area contributed by atoms with E-state index in [9.17, 15) is 9.18 Å². The van der Waals surface area contributed by atoms with Crippen molar-refractivity contribution in [1.82, 2.24) is 24.4 Å². The molecular weight excluding hydrogens is 642 g/mol. The highest BCUT2D eigenvalue weighted by molar-refractivity contribution is 14.1. The highest BCUT2D eigenvalue weighted by atomic mass is 127. The summed E-state index contributed by atoms with van der Waals surface area (Å²) >= 11 is 1.74. The average Bonchev–Trinajstić information content (AvgIpc) is 3.42. The number of para-hydroxylation sites is 2. The number of aromatic nitrogens is 4. The molecule has 6 rings (SSSR count). The molecule has 2 aliphatic heterocycles. The van der Waals surface area contributed by atoms with Gasteiger partial charge in [-0.05, 0) is 73.2 Å². The standard InChI is InChI=1S/C29H36FIN6O4/c1-39-21-5-4-12-36(18-21)28(38)19-8-10-20(11-9-19)41-25-17-24(33-29(34-25)35-13-15-40-16-14-35)37-23-7-3-2-6-22(23)32-27(37)26(30)31/h2-3,6-7,17,19-21,26H,4-5,8-16,18H2,1H3. The van der Waals surface area contributed by atoms with Crippen LogP contribution < -0.4 is 9.64 Å². The zero-order valence-electron chi connectivity index (χ0n) is 23.3. The maximum atomic E-state index is 14.8. The molecule has 4 heterocycles. The first kappa shape index (κ1) is 28.5. The molecule has 0 bridgehead atoms. The number of halogens is 2. The van der Waals surface area contributed by atoms with Crippen LogP contribution in [0.5, 0.6) is 5.88 Å². The van der Waals surface area contributed by atoms with Crippen LogP contribution in [0.4, 0.5) is 10.3 Å². The summed E-state index contributed by atoms with van der Waals surface area (Å²) in [5.74, 6) is 2.01. The van der Waals surface area contributed by atoms with Crippen molar-refractivity contribution in [2.45, 2.75) is 54.9 Å². The first-order chi connectivity index (χ1) is 20.0. The Morgan fingerprint density at radius 3 is 2.59 bits per heavy atom. The van der Waals surface area contributed by atoms with Gasteiger partial charge in [-0.2, -0.15) is 9.97 Å². The Bertz CT molecular complexity index is 1360. The van der Waals surface area contributed by atoms with E-state index in [1.165, 1.54) is 0 Å². The number of benzene rings is 1. The zero-order valence-corrected chi connectivity index (χ0v) is 25.4. The number of piperidine rings is 1. The molecule has 3 aromatic rings. The second-order valence-electron chi connectivity index (χ2n) is 10.9. The van der Waals surface area contributed by atoms with Crippen LogP contribution >= 0.6 is 22.6 Å². The number of amides is 1. The average molecular weight is 679 g/mol. The lowest BCUT2D eigenvalue weighted by Gasteiger charge is -2.36. The number of ether oxygens (including phenoxy) is 3. The molecule has 10 nitrogen and oxygen atoms in total. The Balaban J connectivity index is 1.23. The smallest absolute Gasteiger partial charge is 0.230 e. The number of morpholine rings is 1. The van der Waals surface area contributed by atoms with Gasteiger partial charge < -0.3 is 24.0 Å². The minimum atomic E-state index is -1.32. The molecule has 2 unspecified atom stereocenters. The molecule has 1 saturated carbocycles. The van der Waals surface area contributed by atoms with Gasteiger partial charge in [-0.25, -0.2) is 9.37 Å². The van der Waals surface area contributed by atoms with Crippen LogP contribution in [0.3, 0.4) is 0 Å². The van der Waals surface area contributed by atoms with E-state index in [0.29, 0.717) is 56.0 Å². The van der Waals surface area contributed by atoms with E-state index in [2.05, 4.69) is 9.88 Å². The number of imidazole rings is 1. The summed E-state index contributed by atoms with van der Waals surface area (Å²) < 4.78 is 32.7. The lowest BCUT2D eigenvalue weighted by atomic mass is 9.86. The van der Waals surface area contributed by atoms with Gasteiger partial charge in [-0.3, -0.25) is 9.36 Å². The van der Waals surface area contributed by atoms with E-state index in [0.717, 1.165) is 50.6 Å². The molecule has 1 aromatic carbocycles. The number of anilines is 1. The van der Waals surface area contributed by atoms with Crippen molar-refractivity contribution in [3.8, 4) is 11.7 Å². The number of hydrogen-bond acceptors (Lipinski definition) is 8. The monoisotopic (exact) mass is 678 g/mol. The molecule has 2 saturated heterocycles. The topological polar surface area (TPSA) is 94.8 Å². The van der Waals surface area contributed by atoms with Gasteiger partial charge in [0.05, 0.1) is 30.4 Å². The molecule has 0 spiro atoms. The first-order valence-corrected chi connectivity index (χ1v) is 15.7. The van der Waals surface area contributed by atoms with Crippen LogP contribution in [0.1, 0.15) is 48.5 Å². The Morgan fingerprint density at radius 2 is 1.83 bits per heavy atom. The van der Waals surface area contributed by atoms with Crippen LogP contribution in [0.2, 0.25) is 0 Å². The van der Waals surface area contributed by atoms with Gasteiger partial charge in [0, 0.05) is 45.3 Å². The molecule has 41 heavy (non-hydrogen) atoms. The molecule has 220 valence electrons. The van der Waals surface area contributed by atoms with Crippen molar-refractivity contribution in [3.63, 3.8) is 0 Å². The summed E-state index contributed by atoms with van der Waals surface area (Å²) in [6.07, 6.45) is 5.15. The number of methoxy groups -OCH3 is 1. The third-order valence-corrected chi connectivity index (χ3v) is 8.87. The van der Waals surface area contributed by atoms with Crippen LogP contribution in [-0.4, -0.2) is 89.0 Å². The Kier molecular flexibility index (Phi) is 8.87. The Morgan fingerprint density at radius 1 is 1.05 bits per heavy atom. The third-order valence-electron chi connectivity index (χ3n) is 8.32. The number of rotatable bonds is 7. The lowest BCUT2D eigenvalue weighted by molar-refractivity contribution is -0.140. The minimum absolute atomic E-state index is 0.0142. The van der Waals surface area contributed by atoms with Gasteiger partial charge in [0.25, 0.3) is 0 Å². The van der Waals surface area contributed by atoms with E-state index >= 15 is 0 Å². The molecule has 0 radical (unpaired) electrons. The highest BCUT2D eigenvalue weighted by Crippen LogP contribution is 2.34. The first-order valence-electron chi connectivity index (χ1n) is 14.5. The largest absolute Gasteiger partial charge is 0.474 e. The van der Waals surface area contributed by atoms with Crippen LogP contribution in [0.25, 0.3) is 16.9 Å². The summed E-state index contributed by atoms with van der Waals surface area (Å²) in [7, 11) is 1.72. The number of alkyl halides is 2. The molecule has 3 aliphatic rings. The van der Waals surface area contributed by atoms with Crippen molar-refractivity contribution in [2.75, 3.05) is 51.4 Å². The van der Waals surface area contributed by atoms with E-state index in [4.69, 9.17) is 24.2 Å². The van der Waals surface area contributed by atoms with Gasteiger partial charge >= 0.3 is 0 Å². The normalized spacial score (nSPS) is 24.4.